The number of phenols is 1. The monoisotopic (exact) mass is 455 g/mol. The first kappa shape index (κ1) is 22.1. The first-order valence-corrected chi connectivity index (χ1v) is 9.79. The van der Waals surface area contributed by atoms with Gasteiger partial charge in [0.25, 0.3) is 5.91 Å². The number of aromatic hydroxyl groups is 1. The smallest absolute Gasteiger partial charge is 0.310 e. The van der Waals surface area contributed by atoms with E-state index in [9.17, 15) is 23.5 Å². The van der Waals surface area contributed by atoms with Crippen molar-refractivity contribution >= 4 is 46.0 Å². The number of benzene rings is 2. The number of aromatic nitrogens is 1. The molecule has 0 amide bonds. The second-order valence-corrected chi connectivity index (χ2v) is 7.46. The van der Waals surface area contributed by atoms with E-state index in [4.69, 9.17) is 27.9 Å². The normalized spacial score (nSPS) is 11.1. The molecule has 2 aromatic carbocycles. The Morgan fingerprint density at radius 2 is 1.87 bits per heavy atom. The van der Waals surface area contributed by atoms with Crippen molar-refractivity contribution in [1.29, 1.82) is 0 Å². The van der Waals surface area contributed by atoms with E-state index in [0.717, 1.165) is 10.6 Å². The number of rotatable bonds is 5. The maximum atomic E-state index is 14.8. The van der Waals surface area contributed by atoms with Crippen LogP contribution in [-0.2, 0) is 16.0 Å². The molecule has 0 saturated heterocycles. The minimum Gasteiger partial charge on any atom is -0.503 e. The van der Waals surface area contributed by atoms with Gasteiger partial charge < -0.3 is 9.84 Å². The van der Waals surface area contributed by atoms with Crippen LogP contribution in [0.15, 0.2) is 24.3 Å². The zero-order valence-corrected chi connectivity index (χ0v) is 17.6. The summed E-state index contributed by atoms with van der Waals surface area (Å²) in [4.78, 5) is 25.3. The molecule has 0 spiro atoms. The number of hydrogen-bond acceptors (Lipinski definition) is 4. The van der Waals surface area contributed by atoms with Gasteiger partial charge in [-0.05, 0) is 37.1 Å². The van der Waals surface area contributed by atoms with E-state index in [1.807, 2.05) is 6.92 Å². The van der Waals surface area contributed by atoms with Gasteiger partial charge in [0.2, 0.25) is 0 Å². The number of phenolic OH excluding ortho intramolecular Hbond substituents is 1. The molecule has 30 heavy (non-hydrogen) atoms. The third-order valence-corrected chi connectivity index (χ3v) is 5.38. The summed E-state index contributed by atoms with van der Waals surface area (Å²) >= 11 is 11.9. The average molecular weight is 456 g/mol. The predicted octanol–water partition coefficient (Wildman–Crippen LogP) is 5.42. The van der Waals surface area contributed by atoms with Crippen LogP contribution in [0.5, 0.6) is 5.75 Å². The largest absolute Gasteiger partial charge is 0.503 e. The number of halogens is 4. The lowest BCUT2D eigenvalue weighted by atomic mass is 10.1. The molecule has 0 unspecified atom stereocenters. The molecular formula is C21H17Cl2F2NO4. The highest BCUT2D eigenvalue weighted by atomic mass is 35.5. The van der Waals surface area contributed by atoms with Gasteiger partial charge in [0.05, 0.1) is 28.6 Å². The summed E-state index contributed by atoms with van der Waals surface area (Å²) in [6, 6.07) is 5.02. The zero-order chi connectivity index (χ0) is 22.2. The number of ether oxygens (including phenoxy) is 1. The van der Waals surface area contributed by atoms with Crippen LogP contribution in [0.2, 0.25) is 10.0 Å². The van der Waals surface area contributed by atoms with Gasteiger partial charge in [-0.25, -0.2) is 8.78 Å². The molecule has 1 N–H and O–H groups in total. The second-order valence-electron chi connectivity index (χ2n) is 6.65. The van der Waals surface area contributed by atoms with Gasteiger partial charge in [-0.3, -0.25) is 14.2 Å². The molecule has 0 aliphatic carbocycles. The fourth-order valence-electron chi connectivity index (χ4n) is 3.20. The number of hydrogen-bond donors (Lipinski definition) is 1. The van der Waals surface area contributed by atoms with Gasteiger partial charge in [0.15, 0.2) is 17.4 Å². The first-order chi connectivity index (χ1) is 14.2. The fraction of sp³-hybridized carbons (Fsp3) is 0.238. The third-order valence-electron chi connectivity index (χ3n) is 4.65. The molecule has 0 fully saturated rings. The predicted molar refractivity (Wildman–Crippen MR) is 109 cm³/mol. The van der Waals surface area contributed by atoms with Crippen LogP contribution in [-0.4, -0.2) is 28.2 Å². The molecule has 0 saturated carbocycles. The van der Waals surface area contributed by atoms with Crippen molar-refractivity contribution in [3.63, 3.8) is 0 Å². The molecule has 5 nitrogen and oxygen atoms in total. The van der Waals surface area contributed by atoms with Crippen LogP contribution >= 0.6 is 23.2 Å². The lowest BCUT2D eigenvalue weighted by Crippen LogP contribution is -2.15. The number of fused-ring (bicyclic) bond motifs is 1. The van der Waals surface area contributed by atoms with E-state index >= 15 is 0 Å². The quantitative estimate of drug-likeness (QED) is 0.521. The van der Waals surface area contributed by atoms with Gasteiger partial charge in [-0.2, -0.15) is 0 Å². The zero-order valence-electron chi connectivity index (χ0n) is 16.1. The molecule has 1 heterocycles. The molecule has 0 radical (unpaired) electrons. The maximum absolute atomic E-state index is 14.8. The summed E-state index contributed by atoms with van der Waals surface area (Å²) in [5, 5.41) is 9.88. The van der Waals surface area contributed by atoms with Crippen molar-refractivity contribution < 1.29 is 28.2 Å². The topological polar surface area (TPSA) is 68.5 Å². The highest BCUT2D eigenvalue weighted by molar-refractivity contribution is 6.42. The molecule has 0 aliphatic rings. The van der Waals surface area contributed by atoms with Gasteiger partial charge in [0.1, 0.15) is 0 Å². The first-order valence-electron chi connectivity index (χ1n) is 9.03. The average Bonchev–Trinajstić information content (AvgIpc) is 2.97. The SMILES string of the molecule is CCCOC(=O)Cc1c(C)n(C(=O)c2ccc(Cl)c(Cl)c2)c2cc(F)c(O)c(F)c12. The van der Waals surface area contributed by atoms with Crippen molar-refractivity contribution in [3.8, 4) is 5.75 Å². The van der Waals surface area contributed by atoms with Crippen molar-refractivity contribution in [2.24, 2.45) is 0 Å². The van der Waals surface area contributed by atoms with Crippen LogP contribution < -0.4 is 0 Å². The van der Waals surface area contributed by atoms with Crippen molar-refractivity contribution in [2.75, 3.05) is 6.61 Å². The molecule has 0 atom stereocenters. The molecule has 0 bridgehead atoms. The summed E-state index contributed by atoms with van der Waals surface area (Å²) in [6.45, 7) is 3.49. The lowest BCUT2D eigenvalue weighted by Gasteiger charge is -2.09. The molecule has 158 valence electrons. The Labute approximate surface area is 180 Å². The van der Waals surface area contributed by atoms with Crippen LogP contribution in [0.25, 0.3) is 10.9 Å². The Morgan fingerprint density at radius 3 is 2.50 bits per heavy atom. The molecule has 1 aromatic heterocycles. The van der Waals surface area contributed by atoms with Crippen molar-refractivity contribution in [3.05, 3.63) is 62.8 Å². The molecule has 3 aromatic rings. The van der Waals surface area contributed by atoms with E-state index in [1.54, 1.807) is 0 Å². The van der Waals surface area contributed by atoms with Gasteiger partial charge >= 0.3 is 5.97 Å². The number of carbonyl (C=O) groups excluding carboxylic acids is 2. The van der Waals surface area contributed by atoms with Gasteiger partial charge in [-0.15, -0.1) is 0 Å². The Balaban J connectivity index is 2.23. The van der Waals surface area contributed by atoms with E-state index < -0.39 is 29.3 Å². The van der Waals surface area contributed by atoms with Crippen LogP contribution in [0.1, 0.15) is 35.0 Å². The molecule has 9 heteroatoms. The standard InChI is InChI=1S/C21H17Cl2F2NO4/c1-3-6-30-17(27)8-12-10(2)26(16-9-15(24)20(28)19(25)18(12)16)21(29)11-4-5-13(22)14(23)7-11/h4-5,7,9,28H,3,6,8H2,1-2H3. The second kappa shape index (κ2) is 8.62. The van der Waals surface area contributed by atoms with Crippen LogP contribution in [0.4, 0.5) is 8.78 Å². The highest BCUT2D eigenvalue weighted by Gasteiger charge is 2.27. The van der Waals surface area contributed by atoms with Crippen molar-refractivity contribution in [2.45, 2.75) is 26.7 Å². The molecule has 0 aliphatic heterocycles. The summed E-state index contributed by atoms with van der Waals surface area (Å²) in [6.07, 6.45) is 0.245. The van der Waals surface area contributed by atoms with Gasteiger partial charge in [0, 0.05) is 22.7 Å². The van der Waals surface area contributed by atoms with Gasteiger partial charge in [-0.1, -0.05) is 30.1 Å². The molecular weight excluding hydrogens is 439 g/mol. The summed E-state index contributed by atoms with van der Waals surface area (Å²) in [5.74, 6) is -4.95. The van der Waals surface area contributed by atoms with Crippen LogP contribution in [0.3, 0.4) is 0 Å². The van der Waals surface area contributed by atoms with E-state index in [1.165, 1.54) is 25.1 Å². The number of carbonyl (C=O) groups is 2. The van der Waals surface area contributed by atoms with E-state index in [-0.39, 0.29) is 50.8 Å². The third kappa shape index (κ3) is 3.87. The Hall–Kier alpha value is -2.64. The number of nitrogens with zero attached hydrogens (tertiary/aromatic N) is 1. The summed E-state index contributed by atoms with van der Waals surface area (Å²) in [5.41, 5.74) is 0.318. The minimum absolute atomic E-state index is 0.118. The van der Waals surface area contributed by atoms with Crippen LogP contribution in [0, 0.1) is 18.6 Å². The number of esters is 1. The van der Waals surface area contributed by atoms with Crippen molar-refractivity contribution in [1.82, 2.24) is 4.57 Å². The highest BCUT2D eigenvalue weighted by Crippen LogP contribution is 2.36. The Bertz CT molecular complexity index is 1170. The maximum Gasteiger partial charge on any atom is 0.310 e. The Kier molecular flexibility index (Phi) is 6.33. The fourth-order valence-corrected chi connectivity index (χ4v) is 3.50. The minimum atomic E-state index is -1.26. The summed E-state index contributed by atoms with van der Waals surface area (Å²) < 4.78 is 35.0. The Morgan fingerprint density at radius 1 is 1.17 bits per heavy atom. The summed E-state index contributed by atoms with van der Waals surface area (Å²) in [7, 11) is 0. The van der Waals surface area contributed by atoms with E-state index in [2.05, 4.69) is 0 Å². The lowest BCUT2D eigenvalue weighted by molar-refractivity contribution is -0.142. The van der Waals surface area contributed by atoms with E-state index in [0.29, 0.717) is 6.42 Å². The molecule has 3 rings (SSSR count).